The summed E-state index contributed by atoms with van der Waals surface area (Å²) in [5.41, 5.74) is 3.72. The van der Waals surface area contributed by atoms with Gasteiger partial charge in [-0.1, -0.05) is 36.4 Å². The van der Waals surface area contributed by atoms with Crippen LogP contribution in [0, 0.1) is 0 Å². The van der Waals surface area contributed by atoms with Crippen molar-refractivity contribution in [2.24, 2.45) is 0 Å². The fraction of sp³-hybridized carbons (Fsp3) is 0.167. The largest absolute Gasteiger partial charge is 0.384 e. The van der Waals surface area contributed by atoms with Gasteiger partial charge in [0.15, 0.2) is 0 Å². The second-order valence-corrected chi connectivity index (χ2v) is 5.04. The van der Waals surface area contributed by atoms with Crippen LogP contribution in [0.15, 0.2) is 60.8 Å². The SMILES string of the molecule is COCc1cccc(C(O)c2ccc3ncccc3c2)c1. The maximum absolute atomic E-state index is 10.6. The van der Waals surface area contributed by atoms with Crippen LogP contribution >= 0.6 is 0 Å². The average molecular weight is 279 g/mol. The number of rotatable bonds is 4. The lowest BCUT2D eigenvalue weighted by atomic mass is 9.98. The van der Waals surface area contributed by atoms with Crippen molar-refractivity contribution in [3.05, 3.63) is 77.5 Å². The summed E-state index contributed by atoms with van der Waals surface area (Å²) >= 11 is 0. The van der Waals surface area contributed by atoms with Gasteiger partial charge in [-0.3, -0.25) is 4.98 Å². The highest BCUT2D eigenvalue weighted by molar-refractivity contribution is 5.79. The summed E-state index contributed by atoms with van der Waals surface area (Å²) in [6.07, 6.45) is 1.12. The third-order valence-electron chi connectivity index (χ3n) is 3.52. The molecular formula is C18H17NO2. The highest BCUT2D eigenvalue weighted by Gasteiger charge is 2.11. The van der Waals surface area contributed by atoms with Gasteiger partial charge in [-0.25, -0.2) is 0 Å². The molecule has 106 valence electrons. The van der Waals surface area contributed by atoms with Crippen molar-refractivity contribution in [1.82, 2.24) is 4.98 Å². The van der Waals surface area contributed by atoms with Gasteiger partial charge in [-0.2, -0.15) is 0 Å². The van der Waals surface area contributed by atoms with Gasteiger partial charge in [0.25, 0.3) is 0 Å². The molecule has 1 atom stereocenters. The van der Waals surface area contributed by atoms with Crippen molar-refractivity contribution in [1.29, 1.82) is 0 Å². The molecule has 1 unspecified atom stereocenters. The standard InChI is InChI=1S/C18H17NO2/c1-21-12-13-4-2-5-15(10-13)18(20)16-7-8-17-14(11-16)6-3-9-19-17/h2-11,18,20H,12H2,1H3. The van der Waals surface area contributed by atoms with E-state index in [4.69, 9.17) is 4.74 Å². The maximum atomic E-state index is 10.6. The van der Waals surface area contributed by atoms with E-state index in [0.717, 1.165) is 27.6 Å². The molecule has 0 saturated carbocycles. The summed E-state index contributed by atoms with van der Waals surface area (Å²) in [6, 6.07) is 17.6. The number of nitrogens with zero attached hydrogens (tertiary/aromatic N) is 1. The molecule has 3 aromatic rings. The molecule has 0 radical (unpaired) electrons. The number of hydrogen-bond donors (Lipinski definition) is 1. The third-order valence-corrected chi connectivity index (χ3v) is 3.52. The zero-order valence-corrected chi connectivity index (χ0v) is 11.9. The molecular weight excluding hydrogens is 262 g/mol. The van der Waals surface area contributed by atoms with Crippen LogP contribution in [0.3, 0.4) is 0 Å². The normalized spacial score (nSPS) is 12.5. The molecule has 3 heteroatoms. The summed E-state index contributed by atoms with van der Waals surface area (Å²) in [4.78, 5) is 4.29. The molecule has 0 fully saturated rings. The van der Waals surface area contributed by atoms with E-state index in [1.807, 2.05) is 54.6 Å². The van der Waals surface area contributed by atoms with E-state index in [0.29, 0.717) is 6.61 Å². The van der Waals surface area contributed by atoms with Gasteiger partial charge in [0.2, 0.25) is 0 Å². The molecule has 0 aliphatic carbocycles. The van der Waals surface area contributed by atoms with Gasteiger partial charge >= 0.3 is 0 Å². The molecule has 2 aromatic carbocycles. The first-order valence-corrected chi connectivity index (χ1v) is 6.88. The summed E-state index contributed by atoms with van der Waals surface area (Å²) in [6.45, 7) is 0.544. The van der Waals surface area contributed by atoms with E-state index >= 15 is 0 Å². The highest BCUT2D eigenvalue weighted by atomic mass is 16.5. The van der Waals surface area contributed by atoms with Crippen LogP contribution in [0.4, 0.5) is 0 Å². The predicted molar refractivity (Wildman–Crippen MR) is 83.0 cm³/mol. The number of methoxy groups -OCH3 is 1. The zero-order valence-electron chi connectivity index (χ0n) is 11.9. The van der Waals surface area contributed by atoms with E-state index in [9.17, 15) is 5.11 Å². The molecule has 1 heterocycles. The Bertz CT molecular complexity index is 755. The lowest BCUT2D eigenvalue weighted by Gasteiger charge is -2.13. The second kappa shape index (κ2) is 6.04. The lowest BCUT2D eigenvalue weighted by Crippen LogP contribution is -2.01. The van der Waals surface area contributed by atoms with Crippen molar-refractivity contribution in [3.63, 3.8) is 0 Å². The zero-order chi connectivity index (χ0) is 14.7. The Morgan fingerprint density at radius 1 is 1.05 bits per heavy atom. The van der Waals surface area contributed by atoms with Crippen LogP contribution in [-0.2, 0) is 11.3 Å². The van der Waals surface area contributed by atoms with Crippen LogP contribution in [0.25, 0.3) is 10.9 Å². The minimum atomic E-state index is -0.647. The Balaban J connectivity index is 1.95. The minimum absolute atomic E-state index is 0.544. The Morgan fingerprint density at radius 2 is 1.90 bits per heavy atom. The van der Waals surface area contributed by atoms with E-state index in [-0.39, 0.29) is 0 Å². The first-order valence-electron chi connectivity index (χ1n) is 6.88. The summed E-state index contributed by atoms with van der Waals surface area (Å²) in [5, 5.41) is 11.6. The van der Waals surface area contributed by atoms with Crippen molar-refractivity contribution >= 4 is 10.9 Å². The van der Waals surface area contributed by atoms with Gasteiger partial charge < -0.3 is 9.84 Å². The average Bonchev–Trinajstić information content (AvgIpc) is 2.54. The number of aliphatic hydroxyl groups is 1. The number of ether oxygens (including phenoxy) is 1. The fourth-order valence-corrected chi connectivity index (χ4v) is 2.48. The van der Waals surface area contributed by atoms with Crippen LogP contribution in [-0.4, -0.2) is 17.2 Å². The van der Waals surface area contributed by atoms with Crippen LogP contribution < -0.4 is 0 Å². The molecule has 0 aliphatic heterocycles. The molecule has 0 bridgehead atoms. The fourth-order valence-electron chi connectivity index (χ4n) is 2.48. The van der Waals surface area contributed by atoms with Crippen LogP contribution in [0.2, 0.25) is 0 Å². The molecule has 0 aliphatic rings. The maximum Gasteiger partial charge on any atom is 0.104 e. The molecule has 21 heavy (non-hydrogen) atoms. The van der Waals surface area contributed by atoms with Gasteiger partial charge in [-0.05, 0) is 34.9 Å². The van der Waals surface area contributed by atoms with Crippen molar-refractivity contribution in [3.8, 4) is 0 Å². The lowest BCUT2D eigenvalue weighted by molar-refractivity contribution is 0.184. The molecule has 3 rings (SSSR count). The number of fused-ring (bicyclic) bond motifs is 1. The number of benzene rings is 2. The quantitative estimate of drug-likeness (QED) is 0.795. The van der Waals surface area contributed by atoms with Crippen LogP contribution in [0.1, 0.15) is 22.8 Å². The van der Waals surface area contributed by atoms with Gasteiger partial charge in [-0.15, -0.1) is 0 Å². The van der Waals surface area contributed by atoms with Gasteiger partial charge in [0, 0.05) is 18.7 Å². The molecule has 1 aromatic heterocycles. The minimum Gasteiger partial charge on any atom is -0.384 e. The van der Waals surface area contributed by atoms with E-state index < -0.39 is 6.10 Å². The Labute approximate surface area is 123 Å². The van der Waals surface area contributed by atoms with Crippen molar-refractivity contribution < 1.29 is 9.84 Å². The number of hydrogen-bond acceptors (Lipinski definition) is 3. The van der Waals surface area contributed by atoms with E-state index in [1.54, 1.807) is 13.3 Å². The molecule has 0 amide bonds. The molecule has 3 nitrogen and oxygen atoms in total. The summed E-state index contributed by atoms with van der Waals surface area (Å²) < 4.78 is 5.14. The smallest absolute Gasteiger partial charge is 0.104 e. The number of aliphatic hydroxyl groups excluding tert-OH is 1. The summed E-state index contributed by atoms with van der Waals surface area (Å²) in [5.74, 6) is 0. The number of aromatic nitrogens is 1. The van der Waals surface area contributed by atoms with Crippen molar-refractivity contribution in [2.45, 2.75) is 12.7 Å². The first kappa shape index (κ1) is 13.7. The predicted octanol–water partition coefficient (Wildman–Crippen LogP) is 3.46. The Kier molecular flexibility index (Phi) is 3.95. The van der Waals surface area contributed by atoms with E-state index in [2.05, 4.69) is 4.98 Å². The molecule has 0 saturated heterocycles. The van der Waals surface area contributed by atoms with Crippen molar-refractivity contribution in [2.75, 3.05) is 7.11 Å². The topological polar surface area (TPSA) is 42.4 Å². The Hall–Kier alpha value is -2.23. The van der Waals surface area contributed by atoms with Gasteiger partial charge in [0.1, 0.15) is 6.10 Å². The third kappa shape index (κ3) is 2.94. The first-order chi connectivity index (χ1) is 10.3. The summed E-state index contributed by atoms with van der Waals surface area (Å²) in [7, 11) is 1.67. The van der Waals surface area contributed by atoms with Gasteiger partial charge in [0.05, 0.1) is 12.1 Å². The molecule has 0 spiro atoms. The van der Waals surface area contributed by atoms with Crippen LogP contribution in [0.5, 0.6) is 0 Å². The molecule has 1 N–H and O–H groups in total. The second-order valence-electron chi connectivity index (χ2n) is 5.04. The number of pyridine rings is 1. The van der Waals surface area contributed by atoms with E-state index in [1.165, 1.54) is 0 Å². The Morgan fingerprint density at radius 3 is 2.76 bits per heavy atom. The monoisotopic (exact) mass is 279 g/mol. The highest BCUT2D eigenvalue weighted by Crippen LogP contribution is 2.25.